The molecule has 0 spiro atoms. The second kappa shape index (κ2) is 5.12. The minimum atomic E-state index is -3.31. The van der Waals surface area contributed by atoms with Crippen LogP contribution in [0, 0.1) is 6.92 Å². The largest absolute Gasteiger partial charge is 0.223 e. The monoisotopic (exact) mass is 280 g/mol. The summed E-state index contributed by atoms with van der Waals surface area (Å²) in [6.45, 7) is 1.91. The number of aryl methyl sites for hydroxylation is 1. The molecule has 0 unspecified atom stereocenters. The highest BCUT2D eigenvalue weighted by Crippen LogP contribution is 2.20. The van der Waals surface area contributed by atoms with E-state index in [1.54, 1.807) is 12.1 Å². The van der Waals surface area contributed by atoms with E-state index in [1.165, 1.54) is 12.1 Å². The third-order valence-corrected chi connectivity index (χ3v) is 4.71. The summed E-state index contributed by atoms with van der Waals surface area (Å²) in [5.74, 6) is 0.0152. The van der Waals surface area contributed by atoms with Crippen LogP contribution in [0.25, 0.3) is 0 Å². The van der Waals surface area contributed by atoms with E-state index in [4.69, 9.17) is 11.6 Å². The van der Waals surface area contributed by atoms with Gasteiger partial charge in [-0.2, -0.15) is 0 Å². The van der Waals surface area contributed by atoms with Crippen molar-refractivity contribution in [2.75, 3.05) is 0 Å². The van der Waals surface area contributed by atoms with Gasteiger partial charge in [-0.25, -0.2) is 8.42 Å². The predicted molar refractivity (Wildman–Crippen MR) is 73.5 cm³/mol. The highest BCUT2D eigenvalue weighted by molar-refractivity contribution is 7.90. The number of rotatable bonds is 3. The molecule has 0 atom stereocenters. The lowest BCUT2D eigenvalue weighted by molar-refractivity contribution is 0.595. The van der Waals surface area contributed by atoms with Crippen molar-refractivity contribution in [2.45, 2.75) is 17.6 Å². The molecule has 0 heterocycles. The lowest BCUT2D eigenvalue weighted by Crippen LogP contribution is -2.05. The first-order chi connectivity index (χ1) is 8.49. The molecule has 0 aliphatic heterocycles. The molecule has 0 aliphatic carbocycles. The Bertz CT molecular complexity index is 646. The normalized spacial score (nSPS) is 11.4. The molecule has 0 bridgehead atoms. The third-order valence-electron chi connectivity index (χ3n) is 2.78. The molecular weight excluding hydrogens is 268 g/mol. The summed E-state index contributed by atoms with van der Waals surface area (Å²) in [5.41, 5.74) is 1.81. The second-order valence-electron chi connectivity index (χ2n) is 4.14. The Morgan fingerprint density at radius 3 is 2.22 bits per heavy atom. The van der Waals surface area contributed by atoms with Gasteiger partial charge in [0.15, 0.2) is 9.84 Å². The fourth-order valence-electron chi connectivity index (χ4n) is 1.70. The van der Waals surface area contributed by atoms with E-state index >= 15 is 0 Å². The molecule has 0 saturated heterocycles. The molecule has 2 rings (SSSR count). The van der Waals surface area contributed by atoms with Crippen molar-refractivity contribution in [3.05, 3.63) is 64.7 Å². The first-order valence-electron chi connectivity index (χ1n) is 5.52. The Balaban J connectivity index is 2.33. The number of sulfone groups is 1. The third kappa shape index (κ3) is 2.92. The van der Waals surface area contributed by atoms with Gasteiger partial charge in [-0.15, -0.1) is 0 Å². The van der Waals surface area contributed by atoms with Crippen molar-refractivity contribution in [2.24, 2.45) is 0 Å². The topological polar surface area (TPSA) is 34.1 Å². The molecular formula is C14H13ClO2S. The van der Waals surface area contributed by atoms with Gasteiger partial charge in [0.2, 0.25) is 0 Å². The van der Waals surface area contributed by atoms with Crippen molar-refractivity contribution in [3.63, 3.8) is 0 Å². The summed E-state index contributed by atoms with van der Waals surface area (Å²) in [4.78, 5) is 0.301. The maximum Gasteiger partial charge on any atom is 0.182 e. The Hall–Kier alpha value is -1.32. The highest BCUT2D eigenvalue weighted by atomic mass is 35.5. The van der Waals surface area contributed by atoms with Crippen molar-refractivity contribution in [1.82, 2.24) is 0 Å². The standard InChI is InChI=1S/C14H13ClO2S/c1-11-4-2-3-5-12(11)10-18(16,17)14-8-6-13(15)7-9-14/h2-9H,10H2,1H3. The zero-order valence-corrected chi connectivity index (χ0v) is 11.5. The molecule has 0 amide bonds. The van der Waals surface area contributed by atoms with Crippen molar-refractivity contribution in [1.29, 1.82) is 0 Å². The van der Waals surface area contributed by atoms with E-state index in [2.05, 4.69) is 0 Å². The Labute approximate surface area is 112 Å². The van der Waals surface area contributed by atoms with E-state index in [-0.39, 0.29) is 5.75 Å². The van der Waals surface area contributed by atoms with Crippen LogP contribution >= 0.6 is 11.6 Å². The Kier molecular flexibility index (Phi) is 3.73. The summed E-state index contributed by atoms with van der Waals surface area (Å²) in [5, 5.41) is 0.532. The van der Waals surface area contributed by atoms with Crippen LogP contribution in [0.4, 0.5) is 0 Å². The maximum absolute atomic E-state index is 12.2. The molecule has 0 fully saturated rings. The molecule has 0 N–H and O–H groups in total. The average molecular weight is 281 g/mol. The summed E-state index contributed by atoms with van der Waals surface area (Å²) >= 11 is 5.75. The van der Waals surface area contributed by atoms with Crippen molar-refractivity contribution < 1.29 is 8.42 Å². The molecule has 2 nitrogen and oxygen atoms in total. The van der Waals surface area contributed by atoms with Crippen LogP contribution in [0.3, 0.4) is 0 Å². The Morgan fingerprint density at radius 1 is 1.00 bits per heavy atom. The fraction of sp³-hybridized carbons (Fsp3) is 0.143. The molecule has 2 aromatic carbocycles. The van der Waals surface area contributed by atoms with Crippen molar-refractivity contribution >= 4 is 21.4 Å². The number of hydrogen-bond donors (Lipinski definition) is 0. The van der Waals surface area contributed by atoms with Crippen LogP contribution in [0.2, 0.25) is 5.02 Å². The van der Waals surface area contributed by atoms with Crippen LogP contribution in [-0.2, 0) is 15.6 Å². The Morgan fingerprint density at radius 2 is 1.61 bits per heavy atom. The summed E-state index contributed by atoms with van der Waals surface area (Å²) in [6, 6.07) is 13.7. The second-order valence-corrected chi connectivity index (χ2v) is 6.57. The van der Waals surface area contributed by atoms with E-state index in [0.29, 0.717) is 9.92 Å². The molecule has 0 aliphatic rings. The SMILES string of the molecule is Cc1ccccc1CS(=O)(=O)c1ccc(Cl)cc1. The molecule has 94 valence electrons. The van der Waals surface area contributed by atoms with E-state index in [9.17, 15) is 8.42 Å². The fourth-order valence-corrected chi connectivity index (χ4v) is 3.28. The van der Waals surface area contributed by atoms with Crippen LogP contribution in [0.1, 0.15) is 11.1 Å². The van der Waals surface area contributed by atoms with Gasteiger partial charge >= 0.3 is 0 Å². The molecule has 0 saturated carbocycles. The smallest absolute Gasteiger partial charge is 0.182 e. The average Bonchev–Trinajstić information content (AvgIpc) is 2.32. The van der Waals surface area contributed by atoms with Gasteiger partial charge in [0.25, 0.3) is 0 Å². The molecule has 0 aromatic heterocycles. The first kappa shape index (κ1) is 13.1. The lowest BCUT2D eigenvalue weighted by Gasteiger charge is -2.07. The van der Waals surface area contributed by atoms with Crippen LogP contribution in [-0.4, -0.2) is 8.42 Å². The lowest BCUT2D eigenvalue weighted by atomic mass is 10.1. The van der Waals surface area contributed by atoms with E-state index < -0.39 is 9.84 Å². The van der Waals surface area contributed by atoms with Gasteiger partial charge in [0.1, 0.15) is 0 Å². The molecule has 4 heteroatoms. The predicted octanol–water partition coefficient (Wildman–Crippen LogP) is 3.62. The van der Waals surface area contributed by atoms with E-state index in [0.717, 1.165) is 11.1 Å². The van der Waals surface area contributed by atoms with Gasteiger partial charge in [0.05, 0.1) is 10.6 Å². The zero-order valence-electron chi connectivity index (χ0n) is 9.93. The minimum absolute atomic E-state index is 0.0152. The zero-order chi connectivity index (χ0) is 13.2. The van der Waals surface area contributed by atoms with Crippen LogP contribution in [0.15, 0.2) is 53.4 Å². The summed E-state index contributed by atoms with van der Waals surface area (Å²) < 4.78 is 24.4. The van der Waals surface area contributed by atoms with Gasteiger partial charge < -0.3 is 0 Å². The molecule has 0 radical (unpaired) electrons. The summed E-state index contributed by atoms with van der Waals surface area (Å²) in [7, 11) is -3.31. The van der Waals surface area contributed by atoms with Gasteiger partial charge in [-0.3, -0.25) is 0 Å². The van der Waals surface area contributed by atoms with Crippen LogP contribution in [0.5, 0.6) is 0 Å². The summed E-state index contributed by atoms with van der Waals surface area (Å²) in [6.07, 6.45) is 0. The molecule has 2 aromatic rings. The number of halogens is 1. The van der Waals surface area contributed by atoms with Gasteiger partial charge in [-0.05, 0) is 42.3 Å². The molecule has 18 heavy (non-hydrogen) atoms. The highest BCUT2D eigenvalue weighted by Gasteiger charge is 2.16. The minimum Gasteiger partial charge on any atom is -0.223 e. The van der Waals surface area contributed by atoms with Crippen molar-refractivity contribution in [3.8, 4) is 0 Å². The van der Waals surface area contributed by atoms with E-state index in [1.807, 2.05) is 31.2 Å². The number of benzene rings is 2. The van der Waals surface area contributed by atoms with Gasteiger partial charge in [-0.1, -0.05) is 35.9 Å². The number of hydrogen-bond acceptors (Lipinski definition) is 2. The maximum atomic E-state index is 12.2. The van der Waals surface area contributed by atoms with Crippen LogP contribution < -0.4 is 0 Å². The van der Waals surface area contributed by atoms with Gasteiger partial charge in [0, 0.05) is 5.02 Å². The quantitative estimate of drug-likeness (QED) is 0.860. The first-order valence-corrected chi connectivity index (χ1v) is 7.55.